The van der Waals surface area contributed by atoms with Crippen LogP contribution in [-0.4, -0.2) is 18.2 Å². The zero-order valence-corrected chi connectivity index (χ0v) is 11.4. The van der Waals surface area contributed by atoms with Gasteiger partial charge in [0.25, 0.3) is 0 Å². The molecule has 0 atom stereocenters. The maximum Gasteiger partial charge on any atom is 0.408 e. The number of aryl methyl sites for hydroxylation is 1. The highest BCUT2D eigenvalue weighted by atomic mass is 32.1. The smallest absolute Gasteiger partial charge is 0.408 e. The van der Waals surface area contributed by atoms with Crippen LogP contribution in [0.4, 0.5) is 4.79 Å². The molecule has 0 aromatic carbocycles. The van der Waals surface area contributed by atoms with E-state index in [-0.39, 0.29) is 0 Å². The minimum atomic E-state index is -0.470. The Morgan fingerprint density at radius 3 is 2.76 bits per heavy atom. The van der Waals surface area contributed by atoms with E-state index in [4.69, 9.17) is 4.74 Å². The van der Waals surface area contributed by atoms with Crippen molar-refractivity contribution in [2.75, 3.05) is 6.54 Å². The molecule has 0 fully saturated rings. The molecule has 0 aliphatic carbocycles. The molecule has 0 aliphatic rings. The molecule has 1 aromatic heterocycles. The zero-order valence-electron chi connectivity index (χ0n) is 10.6. The van der Waals surface area contributed by atoms with E-state index in [2.05, 4.69) is 17.2 Å². The predicted molar refractivity (Wildman–Crippen MR) is 70.2 cm³/mol. The first kappa shape index (κ1) is 13.6. The van der Waals surface area contributed by atoms with Crippen LogP contribution in [0, 0.1) is 18.8 Å². The van der Waals surface area contributed by atoms with Gasteiger partial charge in [-0.05, 0) is 44.7 Å². The van der Waals surface area contributed by atoms with Gasteiger partial charge in [0.05, 0.1) is 11.4 Å². The molecule has 0 radical (unpaired) electrons. The van der Waals surface area contributed by atoms with E-state index in [1.54, 1.807) is 11.3 Å². The predicted octanol–water partition coefficient (Wildman–Crippen LogP) is 2.93. The fraction of sp³-hybridized carbons (Fsp3) is 0.462. The summed E-state index contributed by atoms with van der Waals surface area (Å²) in [5.41, 5.74) is 0.696. The summed E-state index contributed by atoms with van der Waals surface area (Å²) in [6.07, 6.45) is -0.435. The van der Waals surface area contributed by atoms with Gasteiger partial charge in [-0.3, -0.25) is 0 Å². The Bertz CT molecular complexity index is 446. The number of rotatable bonds is 1. The lowest BCUT2D eigenvalue weighted by molar-refractivity contribution is 0.0535. The lowest BCUT2D eigenvalue weighted by atomic mass is 10.2. The summed E-state index contributed by atoms with van der Waals surface area (Å²) in [5, 5.41) is 4.59. The van der Waals surface area contributed by atoms with Crippen molar-refractivity contribution in [3.8, 4) is 11.8 Å². The number of nitrogens with one attached hydrogen (secondary N) is 1. The number of alkyl carbamates (subject to hydrolysis) is 1. The SMILES string of the molecule is Cc1ccsc1C#CCNC(=O)OC(C)(C)C. The van der Waals surface area contributed by atoms with Gasteiger partial charge in [-0.2, -0.15) is 0 Å². The second kappa shape index (κ2) is 5.74. The highest BCUT2D eigenvalue weighted by molar-refractivity contribution is 7.10. The van der Waals surface area contributed by atoms with Crippen molar-refractivity contribution in [3.05, 3.63) is 21.9 Å². The van der Waals surface area contributed by atoms with Crippen LogP contribution in [0.25, 0.3) is 0 Å². The zero-order chi connectivity index (χ0) is 12.9. The summed E-state index contributed by atoms with van der Waals surface area (Å²) in [5.74, 6) is 5.90. The number of carbonyl (C=O) groups excluding carboxylic acids is 1. The lowest BCUT2D eigenvalue weighted by Gasteiger charge is -2.18. The molecule has 1 N–H and O–H groups in total. The van der Waals surface area contributed by atoms with Crippen molar-refractivity contribution in [2.45, 2.75) is 33.3 Å². The number of carbonyl (C=O) groups is 1. The second-order valence-corrected chi connectivity index (χ2v) is 5.51. The molecule has 0 spiro atoms. The summed E-state index contributed by atoms with van der Waals surface area (Å²) in [6.45, 7) is 7.79. The Balaban J connectivity index is 2.36. The summed E-state index contributed by atoms with van der Waals surface area (Å²) < 4.78 is 5.08. The molecule has 3 nitrogen and oxygen atoms in total. The van der Waals surface area contributed by atoms with Gasteiger partial charge in [0.2, 0.25) is 0 Å². The van der Waals surface area contributed by atoms with Gasteiger partial charge in [-0.25, -0.2) is 4.79 Å². The monoisotopic (exact) mass is 251 g/mol. The molecule has 1 amide bonds. The summed E-state index contributed by atoms with van der Waals surface area (Å²) in [4.78, 5) is 12.3. The quantitative estimate of drug-likeness (QED) is 0.779. The number of hydrogen-bond acceptors (Lipinski definition) is 3. The van der Waals surface area contributed by atoms with Crippen molar-refractivity contribution >= 4 is 17.4 Å². The Hall–Kier alpha value is -1.47. The molecule has 0 aliphatic heterocycles. The van der Waals surface area contributed by atoms with Gasteiger partial charge in [0.15, 0.2) is 0 Å². The minimum absolute atomic E-state index is 0.298. The first-order valence-corrected chi connectivity index (χ1v) is 6.26. The first-order chi connectivity index (χ1) is 7.88. The third-order valence-corrected chi connectivity index (χ3v) is 2.72. The van der Waals surface area contributed by atoms with Crippen molar-refractivity contribution in [2.24, 2.45) is 0 Å². The third-order valence-electron chi connectivity index (χ3n) is 1.78. The number of hydrogen-bond donors (Lipinski definition) is 1. The molecule has 1 aromatic rings. The van der Waals surface area contributed by atoms with Crippen LogP contribution in [-0.2, 0) is 4.74 Å². The summed E-state index contributed by atoms with van der Waals surface area (Å²) in [6, 6.07) is 2.02. The maximum atomic E-state index is 11.3. The Labute approximate surface area is 106 Å². The van der Waals surface area contributed by atoms with Gasteiger partial charge < -0.3 is 10.1 Å². The Kier molecular flexibility index (Phi) is 4.59. The third kappa shape index (κ3) is 5.41. The highest BCUT2D eigenvalue weighted by Crippen LogP contribution is 2.13. The van der Waals surface area contributed by atoms with Crippen molar-refractivity contribution in [3.63, 3.8) is 0 Å². The largest absolute Gasteiger partial charge is 0.444 e. The standard InChI is InChI=1S/C13H17NO2S/c1-10-7-9-17-11(10)6-5-8-14-12(15)16-13(2,3)4/h7,9H,8H2,1-4H3,(H,14,15). The van der Waals surface area contributed by atoms with Crippen molar-refractivity contribution in [1.29, 1.82) is 0 Å². The number of thiophene rings is 1. The lowest BCUT2D eigenvalue weighted by Crippen LogP contribution is -2.32. The molecule has 0 saturated carbocycles. The Morgan fingerprint density at radius 1 is 1.53 bits per heavy atom. The molecule has 1 heterocycles. The van der Waals surface area contributed by atoms with Crippen LogP contribution in [0.3, 0.4) is 0 Å². The highest BCUT2D eigenvalue weighted by Gasteiger charge is 2.14. The molecule has 0 unspecified atom stereocenters. The Morgan fingerprint density at radius 2 is 2.24 bits per heavy atom. The topological polar surface area (TPSA) is 38.3 Å². The molecule has 17 heavy (non-hydrogen) atoms. The molecule has 4 heteroatoms. The molecule has 0 saturated heterocycles. The van der Waals surface area contributed by atoms with Crippen LogP contribution in [0.5, 0.6) is 0 Å². The van der Waals surface area contributed by atoms with Gasteiger partial charge in [-0.1, -0.05) is 11.8 Å². The van der Waals surface area contributed by atoms with E-state index in [0.29, 0.717) is 6.54 Å². The van der Waals surface area contributed by atoms with E-state index < -0.39 is 11.7 Å². The average Bonchev–Trinajstić information content (AvgIpc) is 2.56. The molecule has 0 bridgehead atoms. The fourth-order valence-corrected chi connectivity index (χ4v) is 1.85. The van der Waals surface area contributed by atoms with Crippen LogP contribution >= 0.6 is 11.3 Å². The number of amides is 1. The van der Waals surface area contributed by atoms with E-state index in [1.165, 1.54) is 5.56 Å². The van der Waals surface area contributed by atoms with E-state index in [1.807, 2.05) is 39.1 Å². The van der Waals surface area contributed by atoms with Gasteiger partial charge in [0.1, 0.15) is 5.60 Å². The average molecular weight is 251 g/mol. The fourth-order valence-electron chi connectivity index (χ4n) is 1.06. The van der Waals surface area contributed by atoms with Gasteiger partial charge in [-0.15, -0.1) is 11.3 Å². The van der Waals surface area contributed by atoms with E-state index in [9.17, 15) is 4.79 Å². The van der Waals surface area contributed by atoms with Crippen LogP contribution in [0.15, 0.2) is 11.4 Å². The van der Waals surface area contributed by atoms with Gasteiger partial charge >= 0.3 is 6.09 Å². The van der Waals surface area contributed by atoms with Crippen LogP contribution < -0.4 is 5.32 Å². The van der Waals surface area contributed by atoms with Crippen molar-refractivity contribution < 1.29 is 9.53 Å². The van der Waals surface area contributed by atoms with Crippen LogP contribution in [0.2, 0.25) is 0 Å². The van der Waals surface area contributed by atoms with E-state index in [0.717, 1.165) is 4.88 Å². The molecular formula is C13H17NO2S. The maximum absolute atomic E-state index is 11.3. The van der Waals surface area contributed by atoms with Crippen molar-refractivity contribution in [1.82, 2.24) is 5.32 Å². The van der Waals surface area contributed by atoms with Crippen LogP contribution in [0.1, 0.15) is 31.2 Å². The second-order valence-electron chi connectivity index (χ2n) is 4.59. The first-order valence-electron chi connectivity index (χ1n) is 5.38. The number of ether oxygens (including phenoxy) is 1. The molecular weight excluding hydrogens is 234 g/mol. The summed E-state index contributed by atoms with van der Waals surface area (Å²) >= 11 is 1.60. The van der Waals surface area contributed by atoms with Gasteiger partial charge in [0, 0.05) is 0 Å². The molecule has 1 rings (SSSR count). The summed E-state index contributed by atoms with van der Waals surface area (Å²) in [7, 11) is 0. The minimum Gasteiger partial charge on any atom is -0.444 e. The normalized spacial score (nSPS) is 10.4. The molecule has 92 valence electrons. The van der Waals surface area contributed by atoms with E-state index >= 15 is 0 Å².